The van der Waals surface area contributed by atoms with Crippen molar-refractivity contribution in [3.63, 3.8) is 0 Å². The van der Waals surface area contributed by atoms with E-state index in [-0.39, 0.29) is 65.3 Å². The third-order valence-electron chi connectivity index (χ3n) is 9.33. The molecule has 0 unspecified atom stereocenters. The first-order chi connectivity index (χ1) is 23.1. The molecule has 0 aromatic heterocycles. The summed E-state index contributed by atoms with van der Waals surface area (Å²) in [5.41, 5.74) is 4.66. The Labute approximate surface area is 280 Å². The fourth-order valence-corrected chi connectivity index (χ4v) is 7.01. The fraction of sp³-hybridized carbons (Fsp3) is 0.421. The number of aliphatic hydroxyl groups is 2. The largest absolute Gasteiger partial charge is 0.465 e. The van der Waals surface area contributed by atoms with Crippen LogP contribution in [0.2, 0.25) is 0 Å². The molecule has 10 heteroatoms. The number of ether oxygens (including phenoxy) is 4. The Kier molecular flexibility index (Phi) is 10.4. The molecule has 0 aliphatic heterocycles. The van der Waals surface area contributed by atoms with Gasteiger partial charge in [-0.25, -0.2) is 0 Å². The molecule has 3 aromatic carbocycles. The van der Waals surface area contributed by atoms with Crippen LogP contribution < -0.4 is 0 Å². The molecule has 2 aliphatic rings. The van der Waals surface area contributed by atoms with Gasteiger partial charge < -0.3 is 29.2 Å². The maximum Gasteiger partial charge on any atom is 0.324 e. The van der Waals surface area contributed by atoms with Crippen LogP contribution >= 0.6 is 0 Å². The quantitative estimate of drug-likeness (QED) is 0.163. The summed E-state index contributed by atoms with van der Waals surface area (Å²) >= 11 is 0. The van der Waals surface area contributed by atoms with Crippen LogP contribution in [0.4, 0.5) is 0 Å². The van der Waals surface area contributed by atoms with E-state index in [1.165, 1.54) is 0 Å². The highest BCUT2D eigenvalue weighted by Gasteiger charge is 2.54. The molecule has 254 valence electrons. The van der Waals surface area contributed by atoms with Gasteiger partial charge in [-0.15, -0.1) is 0 Å². The predicted molar refractivity (Wildman–Crippen MR) is 175 cm³/mol. The van der Waals surface area contributed by atoms with Crippen molar-refractivity contribution >= 4 is 23.9 Å². The molecule has 0 saturated carbocycles. The van der Waals surface area contributed by atoms with Gasteiger partial charge in [-0.1, -0.05) is 48.5 Å². The number of rotatable bonds is 12. The minimum Gasteiger partial charge on any atom is -0.465 e. The molecule has 0 radical (unpaired) electrons. The fourth-order valence-electron chi connectivity index (χ4n) is 7.01. The van der Waals surface area contributed by atoms with Crippen LogP contribution in [0.1, 0.15) is 61.1 Å². The molecule has 10 nitrogen and oxygen atoms in total. The van der Waals surface area contributed by atoms with Crippen LogP contribution in [-0.2, 0) is 77.0 Å². The Morgan fingerprint density at radius 3 is 1.04 bits per heavy atom. The molecule has 48 heavy (non-hydrogen) atoms. The van der Waals surface area contributed by atoms with E-state index in [9.17, 15) is 29.4 Å². The van der Waals surface area contributed by atoms with Gasteiger partial charge in [0, 0.05) is 0 Å². The summed E-state index contributed by atoms with van der Waals surface area (Å²) < 4.78 is 21.2. The summed E-state index contributed by atoms with van der Waals surface area (Å²) in [6.07, 6.45) is 0.514. The van der Waals surface area contributed by atoms with Crippen molar-refractivity contribution in [2.75, 3.05) is 26.4 Å². The number of carbonyl (C=O) groups is 4. The summed E-state index contributed by atoms with van der Waals surface area (Å²) in [6, 6.07) is 15.1. The van der Waals surface area contributed by atoms with Crippen molar-refractivity contribution in [3.05, 3.63) is 81.9 Å². The highest BCUT2D eigenvalue weighted by molar-refractivity contribution is 6.02. The molecular weight excluding hydrogens is 616 g/mol. The van der Waals surface area contributed by atoms with Crippen LogP contribution in [0.15, 0.2) is 48.5 Å². The van der Waals surface area contributed by atoms with E-state index in [0.29, 0.717) is 11.1 Å². The maximum absolute atomic E-state index is 13.1. The second-order valence-corrected chi connectivity index (χ2v) is 12.2. The lowest BCUT2D eigenvalue weighted by molar-refractivity contribution is -0.173. The Morgan fingerprint density at radius 1 is 0.521 bits per heavy atom. The normalized spacial score (nSPS) is 15.3. The molecule has 0 amide bonds. The second-order valence-electron chi connectivity index (χ2n) is 12.2. The highest BCUT2D eigenvalue weighted by Crippen LogP contribution is 2.44. The van der Waals surface area contributed by atoms with Crippen LogP contribution in [0.3, 0.4) is 0 Å². The van der Waals surface area contributed by atoms with Crippen molar-refractivity contribution in [1.82, 2.24) is 0 Å². The highest BCUT2D eigenvalue weighted by atomic mass is 16.6. The van der Waals surface area contributed by atoms with Gasteiger partial charge in [-0.3, -0.25) is 19.2 Å². The number of aliphatic hydroxyl groups excluding tert-OH is 2. The number of hydrogen-bond donors (Lipinski definition) is 2. The van der Waals surface area contributed by atoms with Gasteiger partial charge in [0.1, 0.15) is 0 Å². The molecule has 2 aliphatic carbocycles. The lowest BCUT2D eigenvalue weighted by Gasteiger charge is -2.23. The zero-order valence-electron chi connectivity index (χ0n) is 27.9. The monoisotopic (exact) mass is 658 g/mol. The Bertz CT molecular complexity index is 1560. The van der Waals surface area contributed by atoms with Gasteiger partial charge in [0.15, 0.2) is 10.8 Å². The van der Waals surface area contributed by atoms with Gasteiger partial charge in [-0.2, -0.15) is 0 Å². The van der Waals surface area contributed by atoms with Gasteiger partial charge >= 0.3 is 23.9 Å². The van der Waals surface area contributed by atoms with Crippen LogP contribution in [0.25, 0.3) is 22.3 Å². The third-order valence-corrected chi connectivity index (χ3v) is 9.33. The van der Waals surface area contributed by atoms with E-state index in [4.69, 9.17) is 18.9 Å². The standard InChI is InChI=1S/C38H42O10/c1-5-45-33(41)37(34(42)46-6-2)17-25-13-29(21-39)31(15-27(25)19-37)23-9-11-24(12-10-23)32-16-28-20-38(35(43)47-7-3,36(44)48-8-4)18-26(28)14-30(32)22-40/h9-16,39-40H,5-8,17-22H2,1-4H3. The smallest absolute Gasteiger partial charge is 0.324 e. The summed E-state index contributed by atoms with van der Waals surface area (Å²) in [4.78, 5) is 52.3. The number of carbonyl (C=O) groups excluding carboxylic acids is 4. The molecule has 0 bridgehead atoms. The van der Waals surface area contributed by atoms with E-state index < -0.39 is 34.7 Å². The molecule has 3 aromatic rings. The van der Waals surface area contributed by atoms with Crippen molar-refractivity contribution in [1.29, 1.82) is 0 Å². The predicted octanol–water partition coefficient (Wildman–Crippen LogP) is 4.43. The number of esters is 4. The van der Waals surface area contributed by atoms with Crippen molar-refractivity contribution in [2.24, 2.45) is 10.8 Å². The van der Waals surface area contributed by atoms with Gasteiger partial charge in [0.2, 0.25) is 0 Å². The SMILES string of the molecule is CCOC(=O)C1(C(=O)OCC)Cc2cc(CO)c(-c3ccc(-c4cc5c(cc4CO)CC(C(=O)OCC)(C(=O)OCC)C5)cc3)cc2C1. The van der Waals surface area contributed by atoms with Gasteiger partial charge in [0.05, 0.1) is 39.6 Å². The van der Waals surface area contributed by atoms with Crippen LogP contribution in [-0.4, -0.2) is 60.5 Å². The van der Waals surface area contributed by atoms with Gasteiger partial charge in [-0.05, 0) is 109 Å². The van der Waals surface area contributed by atoms with E-state index in [1.807, 2.05) is 48.5 Å². The van der Waals surface area contributed by atoms with Crippen LogP contribution in [0, 0.1) is 10.8 Å². The summed E-state index contributed by atoms with van der Waals surface area (Å²) in [6.45, 7) is 6.80. The zero-order valence-corrected chi connectivity index (χ0v) is 27.9. The Balaban J connectivity index is 1.48. The molecule has 0 atom stereocenters. The van der Waals surface area contributed by atoms with E-state index in [2.05, 4.69) is 0 Å². The zero-order chi connectivity index (χ0) is 34.6. The lowest BCUT2D eigenvalue weighted by Crippen LogP contribution is -2.43. The lowest BCUT2D eigenvalue weighted by atomic mass is 9.84. The number of hydrogen-bond acceptors (Lipinski definition) is 10. The van der Waals surface area contributed by atoms with Crippen molar-refractivity contribution < 1.29 is 48.3 Å². The van der Waals surface area contributed by atoms with Crippen molar-refractivity contribution in [3.8, 4) is 22.3 Å². The summed E-state index contributed by atoms with van der Waals surface area (Å²) in [5.74, 6) is -2.47. The molecule has 0 heterocycles. The first-order valence-electron chi connectivity index (χ1n) is 16.4. The summed E-state index contributed by atoms with van der Waals surface area (Å²) in [7, 11) is 0. The molecule has 0 saturated heterocycles. The number of fused-ring (bicyclic) bond motifs is 2. The second kappa shape index (κ2) is 14.3. The van der Waals surface area contributed by atoms with E-state index >= 15 is 0 Å². The maximum atomic E-state index is 13.1. The average molecular weight is 659 g/mol. The minimum atomic E-state index is -1.48. The van der Waals surface area contributed by atoms with E-state index in [0.717, 1.165) is 44.5 Å². The molecule has 2 N–H and O–H groups in total. The van der Waals surface area contributed by atoms with E-state index in [1.54, 1.807) is 27.7 Å². The average Bonchev–Trinajstić information content (AvgIpc) is 3.67. The Morgan fingerprint density at radius 2 is 0.792 bits per heavy atom. The van der Waals surface area contributed by atoms with Gasteiger partial charge in [0.25, 0.3) is 0 Å². The molecular formula is C38H42O10. The molecule has 0 fully saturated rings. The first kappa shape index (κ1) is 34.8. The van der Waals surface area contributed by atoms with Crippen molar-refractivity contribution in [2.45, 2.75) is 66.6 Å². The first-order valence-corrected chi connectivity index (χ1v) is 16.4. The topological polar surface area (TPSA) is 146 Å². The summed E-state index contributed by atoms with van der Waals surface area (Å²) in [5, 5.41) is 20.7. The molecule has 5 rings (SSSR count). The molecule has 0 spiro atoms. The number of benzene rings is 3. The third kappa shape index (κ3) is 6.10. The minimum absolute atomic E-state index is 0.127. The van der Waals surface area contributed by atoms with Crippen LogP contribution in [0.5, 0.6) is 0 Å². The Hall–Kier alpha value is -4.54.